The first-order valence-electron chi connectivity index (χ1n) is 8.35. The number of amides is 1. The summed E-state index contributed by atoms with van der Waals surface area (Å²) in [6.07, 6.45) is 5.15. The fourth-order valence-corrected chi connectivity index (χ4v) is 3.52. The van der Waals surface area contributed by atoms with Crippen LogP contribution in [0, 0.1) is 16.0 Å². The van der Waals surface area contributed by atoms with Crippen molar-refractivity contribution in [2.24, 2.45) is 5.92 Å². The summed E-state index contributed by atoms with van der Waals surface area (Å²) in [5, 5.41) is 11.9. The van der Waals surface area contributed by atoms with Gasteiger partial charge in [-0.1, -0.05) is 6.08 Å². The van der Waals surface area contributed by atoms with Crippen LogP contribution >= 0.6 is 0 Å². The number of rotatable bonds is 4. The molecule has 0 saturated heterocycles. The molecule has 1 amide bonds. The van der Waals surface area contributed by atoms with Crippen LogP contribution in [0.1, 0.15) is 18.4 Å². The second-order valence-electron chi connectivity index (χ2n) is 6.57. The minimum absolute atomic E-state index is 0.0856. The Kier molecular flexibility index (Phi) is 3.71. The number of ether oxygens (including phenoxy) is 1. The zero-order valence-corrected chi connectivity index (χ0v) is 13.9. The van der Waals surface area contributed by atoms with Crippen LogP contribution in [-0.4, -0.2) is 47.0 Å². The van der Waals surface area contributed by atoms with Crippen LogP contribution in [0.15, 0.2) is 30.5 Å². The molecule has 4 rings (SSSR count). The average Bonchev–Trinajstić information content (AvgIpc) is 3.34. The summed E-state index contributed by atoms with van der Waals surface area (Å²) in [6, 6.07) is 5.23. The minimum atomic E-state index is -0.682. The molecule has 0 spiro atoms. The standard InChI is InChI=1S/C18H19N3O4/c1-25-12-2-3-16-13(8-12)15(10-19-16)11-4-6-20(7-5-11)18(22)14-9-17(14)21(23)24/h2-4,8,10,14,17,19H,5-7,9H2,1H3/t14-,17+/m1/s1. The van der Waals surface area contributed by atoms with Crippen molar-refractivity contribution in [2.45, 2.75) is 18.9 Å². The lowest BCUT2D eigenvalue weighted by atomic mass is 9.98. The molecule has 25 heavy (non-hydrogen) atoms. The van der Waals surface area contributed by atoms with Crippen LogP contribution in [0.4, 0.5) is 0 Å². The lowest BCUT2D eigenvalue weighted by Gasteiger charge is -2.26. The van der Waals surface area contributed by atoms with Crippen molar-refractivity contribution in [3.8, 4) is 5.75 Å². The fraction of sp³-hybridized carbons (Fsp3) is 0.389. The van der Waals surface area contributed by atoms with E-state index in [1.807, 2.05) is 30.5 Å². The van der Waals surface area contributed by atoms with E-state index in [0.29, 0.717) is 19.5 Å². The fourth-order valence-electron chi connectivity index (χ4n) is 3.52. The summed E-state index contributed by atoms with van der Waals surface area (Å²) in [7, 11) is 1.65. The van der Waals surface area contributed by atoms with E-state index < -0.39 is 12.0 Å². The minimum Gasteiger partial charge on any atom is -0.497 e. The topological polar surface area (TPSA) is 88.5 Å². The molecule has 7 heteroatoms. The maximum Gasteiger partial charge on any atom is 0.233 e. The summed E-state index contributed by atoms with van der Waals surface area (Å²) in [6.45, 7) is 1.11. The SMILES string of the molecule is COc1ccc2[nH]cc(C3=CCN(C(=O)[C@@H]4C[C@@H]4[N+](=O)[O-])CC3)c2c1. The highest BCUT2D eigenvalue weighted by atomic mass is 16.6. The van der Waals surface area contributed by atoms with Gasteiger partial charge in [0.05, 0.1) is 7.11 Å². The molecule has 130 valence electrons. The van der Waals surface area contributed by atoms with Crippen LogP contribution in [-0.2, 0) is 4.79 Å². The Labute approximate surface area is 144 Å². The zero-order chi connectivity index (χ0) is 17.6. The van der Waals surface area contributed by atoms with Gasteiger partial charge in [0.25, 0.3) is 0 Å². The molecule has 0 radical (unpaired) electrons. The number of aromatic amines is 1. The number of nitrogens with zero attached hydrogens (tertiary/aromatic N) is 2. The highest BCUT2D eigenvalue weighted by molar-refractivity contribution is 5.94. The quantitative estimate of drug-likeness (QED) is 0.683. The van der Waals surface area contributed by atoms with E-state index in [4.69, 9.17) is 4.74 Å². The molecule has 2 atom stereocenters. The molecule has 1 aromatic heterocycles. The first-order valence-corrected chi connectivity index (χ1v) is 8.35. The lowest BCUT2D eigenvalue weighted by molar-refractivity contribution is -0.497. The number of benzene rings is 1. The number of nitro groups is 1. The molecule has 2 heterocycles. The molecular formula is C18H19N3O4. The van der Waals surface area contributed by atoms with Crippen molar-refractivity contribution in [3.05, 3.63) is 46.1 Å². The Bertz CT molecular complexity index is 886. The van der Waals surface area contributed by atoms with E-state index in [2.05, 4.69) is 4.98 Å². The van der Waals surface area contributed by atoms with Crippen molar-refractivity contribution < 1.29 is 14.5 Å². The number of hydrogen-bond acceptors (Lipinski definition) is 4. The number of carbonyl (C=O) groups is 1. The summed E-state index contributed by atoms with van der Waals surface area (Å²) in [5.74, 6) is 0.293. The maximum atomic E-state index is 12.3. The van der Waals surface area contributed by atoms with E-state index in [9.17, 15) is 14.9 Å². The molecule has 0 bridgehead atoms. The van der Waals surface area contributed by atoms with Crippen LogP contribution < -0.4 is 4.74 Å². The third-order valence-corrected chi connectivity index (χ3v) is 5.10. The van der Waals surface area contributed by atoms with Gasteiger partial charge in [0.1, 0.15) is 11.7 Å². The van der Waals surface area contributed by atoms with Crippen LogP contribution in [0.5, 0.6) is 5.75 Å². The van der Waals surface area contributed by atoms with E-state index >= 15 is 0 Å². The van der Waals surface area contributed by atoms with Gasteiger partial charge >= 0.3 is 0 Å². The predicted octanol–water partition coefficient (Wildman–Crippen LogP) is 2.46. The monoisotopic (exact) mass is 341 g/mol. The summed E-state index contributed by atoms with van der Waals surface area (Å²) in [4.78, 5) is 27.7. The van der Waals surface area contributed by atoms with Crippen LogP contribution in [0.2, 0.25) is 0 Å². The largest absolute Gasteiger partial charge is 0.497 e. The molecule has 1 aliphatic heterocycles. The van der Waals surface area contributed by atoms with Crippen LogP contribution in [0.3, 0.4) is 0 Å². The first kappa shape index (κ1) is 15.7. The van der Waals surface area contributed by atoms with Gasteiger partial charge in [-0.15, -0.1) is 0 Å². The van der Waals surface area contributed by atoms with Gasteiger partial charge in [-0.2, -0.15) is 0 Å². The molecule has 1 aromatic carbocycles. The van der Waals surface area contributed by atoms with Gasteiger partial charge in [0.15, 0.2) is 0 Å². The third kappa shape index (κ3) is 2.75. The van der Waals surface area contributed by atoms with Crippen molar-refractivity contribution in [3.63, 3.8) is 0 Å². The molecule has 1 saturated carbocycles. The van der Waals surface area contributed by atoms with E-state index in [0.717, 1.165) is 28.6 Å². The Morgan fingerprint density at radius 2 is 2.28 bits per heavy atom. The molecule has 1 fully saturated rings. The average molecular weight is 341 g/mol. The Hall–Kier alpha value is -2.83. The lowest BCUT2D eigenvalue weighted by Crippen LogP contribution is -2.36. The highest BCUT2D eigenvalue weighted by Gasteiger charge is 2.54. The zero-order valence-electron chi connectivity index (χ0n) is 13.9. The number of fused-ring (bicyclic) bond motifs is 1. The van der Waals surface area contributed by atoms with Crippen LogP contribution in [0.25, 0.3) is 16.5 Å². The van der Waals surface area contributed by atoms with Gasteiger partial charge in [-0.3, -0.25) is 14.9 Å². The molecule has 2 aromatic rings. The summed E-state index contributed by atoms with van der Waals surface area (Å²) in [5.41, 5.74) is 3.35. The van der Waals surface area contributed by atoms with Crippen molar-refractivity contribution in [1.82, 2.24) is 9.88 Å². The second kappa shape index (κ2) is 5.91. The molecule has 2 aliphatic rings. The van der Waals surface area contributed by atoms with Gasteiger partial charge in [0, 0.05) is 47.1 Å². The molecule has 1 N–H and O–H groups in total. The number of H-pyrrole nitrogens is 1. The third-order valence-electron chi connectivity index (χ3n) is 5.10. The van der Waals surface area contributed by atoms with E-state index in [-0.39, 0.29) is 10.8 Å². The smallest absolute Gasteiger partial charge is 0.233 e. The summed E-state index contributed by atoms with van der Waals surface area (Å²) >= 11 is 0. The summed E-state index contributed by atoms with van der Waals surface area (Å²) < 4.78 is 5.30. The van der Waals surface area contributed by atoms with Crippen molar-refractivity contribution >= 4 is 22.4 Å². The molecule has 0 unspecified atom stereocenters. The van der Waals surface area contributed by atoms with Gasteiger partial charge in [-0.05, 0) is 30.2 Å². The van der Waals surface area contributed by atoms with Crippen molar-refractivity contribution in [1.29, 1.82) is 0 Å². The highest BCUT2D eigenvalue weighted by Crippen LogP contribution is 2.36. The first-order chi connectivity index (χ1) is 12.1. The van der Waals surface area contributed by atoms with Crippen molar-refractivity contribution in [2.75, 3.05) is 20.2 Å². The van der Waals surface area contributed by atoms with E-state index in [1.165, 1.54) is 5.57 Å². The van der Waals surface area contributed by atoms with Gasteiger partial charge in [-0.25, -0.2) is 0 Å². The van der Waals surface area contributed by atoms with Gasteiger partial charge in [0.2, 0.25) is 11.9 Å². The van der Waals surface area contributed by atoms with Gasteiger partial charge < -0.3 is 14.6 Å². The Morgan fingerprint density at radius 3 is 2.92 bits per heavy atom. The maximum absolute atomic E-state index is 12.3. The molecule has 1 aliphatic carbocycles. The number of hydrogen-bond donors (Lipinski definition) is 1. The normalized spacial score (nSPS) is 22.6. The number of carbonyl (C=O) groups excluding carboxylic acids is 1. The Morgan fingerprint density at radius 1 is 1.44 bits per heavy atom. The Balaban J connectivity index is 1.51. The molecular weight excluding hydrogens is 322 g/mol. The second-order valence-corrected chi connectivity index (χ2v) is 6.57. The van der Waals surface area contributed by atoms with E-state index in [1.54, 1.807) is 12.0 Å². The predicted molar refractivity (Wildman–Crippen MR) is 92.9 cm³/mol. The molecule has 7 nitrogen and oxygen atoms in total. The number of methoxy groups -OCH3 is 1. The number of aromatic nitrogens is 1. The number of nitrogens with one attached hydrogen (secondary N) is 1.